The van der Waals surface area contributed by atoms with Crippen molar-refractivity contribution in [3.8, 4) is 0 Å². The minimum Gasteiger partial charge on any atom is -0.481 e. The molecule has 1 aliphatic carbocycles. The van der Waals surface area contributed by atoms with Gasteiger partial charge in [-0.3, -0.25) is 4.79 Å². The number of rotatable bonds is 2. The number of carboxylic acid groups (broad SMARTS) is 1. The molecular weight excluding hydrogens is 204 g/mol. The van der Waals surface area contributed by atoms with E-state index < -0.39 is 18.0 Å². The zero-order valence-corrected chi connectivity index (χ0v) is 9.04. The highest BCUT2D eigenvalue weighted by molar-refractivity contribution is 5.71. The van der Waals surface area contributed by atoms with Gasteiger partial charge in [-0.15, -0.1) is 0 Å². The number of benzene rings is 1. The fraction of sp³-hybridized carbons (Fsp3) is 0.462. The molecule has 0 bridgehead atoms. The average molecular weight is 220 g/mol. The Balaban J connectivity index is 2.30. The highest BCUT2D eigenvalue weighted by Gasteiger charge is 2.37. The van der Waals surface area contributed by atoms with Crippen LogP contribution in [0.1, 0.15) is 30.7 Å². The van der Waals surface area contributed by atoms with Crippen LogP contribution >= 0.6 is 0 Å². The summed E-state index contributed by atoms with van der Waals surface area (Å²) >= 11 is 0. The third kappa shape index (κ3) is 2.09. The van der Waals surface area contributed by atoms with Gasteiger partial charge >= 0.3 is 5.97 Å². The van der Waals surface area contributed by atoms with Crippen LogP contribution in [-0.4, -0.2) is 22.3 Å². The Morgan fingerprint density at radius 3 is 2.50 bits per heavy atom. The number of hydrogen-bond donors (Lipinski definition) is 2. The van der Waals surface area contributed by atoms with Crippen LogP contribution < -0.4 is 0 Å². The molecule has 3 atom stereocenters. The van der Waals surface area contributed by atoms with E-state index in [2.05, 4.69) is 0 Å². The van der Waals surface area contributed by atoms with Gasteiger partial charge in [0.05, 0.1) is 12.0 Å². The summed E-state index contributed by atoms with van der Waals surface area (Å²) in [6.07, 6.45) is 1.62. The third-order valence-electron chi connectivity index (χ3n) is 3.36. The lowest BCUT2D eigenvalue weighted by atomic mass is 9.73. The first kappa shape index (κ1) is 11.1. The first-order chi connectivity index (χ1) is 7.70. The summed E-state index contributed by atoms with van der Waals surface area (Å²) in [6, 6.07) is 9.46. The van der Waals surface area contributed by atoms with Gasteiger partial charge in [-0.2, -0.15) is 0 Å². The molecule has 1 fully saturated rings. The van der Waals surface area contributed by atoms with Crippen LogP contribution in [0.15, 0.2) is 30.3 Å². The van der Waals surface area contributed by atoms with E-state index in [-0.39, 0.29) is 5.92 Å². The molecule has 3 heteroatoms. The van der Waals surface area contributed by atoms with Crippen molar-refractivity contribution >= 4 is 5.97 Å². The van der Waals surface area contributed by atoms with Crippen LogP contribution in [0.3, 0.4) is 0 Å². The maximum atomic E-state index is 11.2. The maximum absolute atomic E-state index is 11.2. The predicted octanol–water partition coefficient (Wildman–Crippen LogP) is 2.02. The molecule has 16 heavy (non-hydrogen) atoms. The molecule has 86 valence electrons. The maximum Gasteiger partial charge on any atom is 0.307 e. The van der Waals surface area contributed by atoms with Crippen molar-refractivity contribution in [1.29, 1.82) is 0 Å². The van der Waals surface area contributed by atoms with E-state index in [1.165, 1.54) is 0 Å². The van der Waals surface area contributed by atoms with Crippen LogP contribution in [0.5, 0.6) is 0 Å². The lowest BCUT2D eigenvalue weighted by molar-refractivity contribution is -0.145. The first-order valence-corrected chi connectivity index (χ1v) is 5.66. The molecule has 1 saturated carbocycles. The highest BCUT2D eigenvalue weighted by Crippen LogP contribution is 2.38. The molecule has 0 heterocycles. The van der Waals surface area contributed by atoms with Crippen LogP contribution in [0, 0.1) is 5.92 Å². The van der Waals surface area contributed by atoms with Gasteiger partial charge in [-0.1, -0.05) is 30.3 Å². The topological polar surface area (TPSA) is 57.5 Å². The van der Waals surface area contributed by atoms with Crippen molar-refractivity contribution in [3.63, 3.8) is 0 Å². The van der Waals surface area contributed by atoms with Gasteiger partial charge in [0.1, 0.15) is 0 Å². The molecule has 1 aromatic carbocycles. The molecule has 0 aliphatic heterocycles. The van der Waals surface area contributed by atoms with Crippen molar-refractivity contribution in [2.24, 2.45) is 5.92 Å². The first-order valence-electron chi connectivity index (χ1n) is 5.66. The predicted molar refractivity (Wildman–Crippen MR) is 60.2 cm³/mol. The normalized spacial score (nSPS) is 29.9. The summed E-state index contributed by atoms with van der Waals surface area (Å²) in [5, 5.41) is 19.2. The Labute approximate surface area is 94.7 Å². The van der Waals surface area contributed by atoms with E-state index in [4.69, 9.17) is 0 Å². The van der Waals surface area contributed by atoms with Crippen LogP contribution in [-0.2, 0) is 4.79 Å². The summed E-state index contributed by atoms with van der Waals surface area (Å²) in [4.78, 5) is 11.2. The number of carboxylic acids is 1. The quantitative estimate of drug-likeness (QED) is 0.801. The fourth-order valence-electron chi connectivity index (χ4n) is 2.58. The second-order valence-electron chi connectivity index (χ2n) is 4.38. The van der Waals surface area contributed by atoms with Crippen molar-refractivity contribution < 1.29 is 15.0 Å². The molecule has 1 aromatic rings. The van der Waals surface area contributed by atoms with E-state index in [0.717, 1.165) is 12.0 Å². The van der Waals surface area contributed by atoms with E-state index in [1.807, 2.05) is 30.3 Å². The molecular formula is C13H16O3. The van der Waals surface area contributed by atoms with Gasteiger partial charge in [-0.05, 0) is 24.8 Å². The van der Waals surface area contributed by atoms with Gasteiger partial charge in [0.2, 0.25) is 0 Å². The van der Waals surface area contributed by atoms with Gasteiger partial charge in [0.15, 0.2) is 0 Å². The Bertz CT molecular complexity index is 361. The minimum absolute atomic E-state index is 0.257. The third-order valence-corrected chi connectivity index (χ3v) is 3.36. The Morgan fingerprint density at radius 1 is 1.19 bits per heavy atom. The van der Waals surface area contributed by atoms with Gasteiger partial charge in [0, 0.05) is 5.92 Å². The zero-order chi connectivity index (χ0) is 11.5. The van der Waals surface area contributed by atoms with Crippen molar-refractivity contribution in [1.82, 2.24) is 0 Å². The summed E-state index contributed by atoms with van der Waals surface area (Å²) in [7, 11) is 0. The molecule has 0 amide bonds. The van der Waals surface area contributed by atoms with Crippen LogP contribution in [0.25, 0.3) is 0 Å². The Kier molecular flexibility index (Phi) is 3.25. The minimum atomic E-state index is -0.799. The molecule has 2 rings (SSSR count). The highest BCUT2D eigenvalue weighted by atomic mass is 16.4. The zero-order valence-electron chi connectivity index (χ0n) is 9.04. The van der Waals surface area contributed by atoms with Gasteiger partial charge in [0.25, 0.3) is 0 Å². The number of aliphatic carboxylic acids is 1. The monoisotopic (exact) mass is 220 g/mol. The molecule has 0 radical (unpaired) electrons. The van der Waals surface area contributed by atoms with Crippen molar-refractivity contribution in [2.45, 2.75) is 31.3 Å². The second kappa shape index (κ2) is 4.66. The summed E-state index contributed by atoms with van der Waals surface area (Å²) in [6.45, 7) is 0. The number of carbonyl (C=O) groups is 1. The van der Waals surface area contributed by atoms with Crippen molar-refractivity contribution in [2.75, 3.05) is 0 Å². The summed E-state index contributed by atoms with van der Waals surface area (Å²) in [5.74, 6) is -1.51. The number of hydrogen-bond acceptors (Lipinski definition) is 2. The molecule has 0 aromatic heterocycles. The smallest absolute Gasteiger partial charge is 0.307 e. The van der Waals surface area contributed by atoms with Gasteiger partial charge in [-0.25, -0.2) is 0 Å². The van der Waals surface area contributed by atoms with E-state index in [0.29, 0.717) is 12.8 Å². The van der Waals surface area contributed by atoms with E-state index in [1.54, 1.807) is 0 Å². The Hall–Kier alpha value is -1.35. The van der Waals surface area contributed by atoms with Crippen molar-refractivity contribution in [3.05, 3.63) is 35.9 Å². The van der Waals surface area contributed by atoms with E-state index in [9.17, 15) is 15.0 Å². The summed E-state index contributed by atoms with van der Waals surface area (Å²) < 4.78 is 0. The second-order valence-corrected chi connectivity index (χ2v) is 4.38. The molecule has 0 saturated heterocycles. The lowest BCUT2D eigenvalue weighted by Gasteiger charge is -2.33. The van der Waals surface area contributed by atoms with Crippen LogP contribution in [0.2, 0.25) is 0 Å². The number of aliphatic hydroxyl groups is 1. The van der Waals surface area contributed by atoms with Crippen LogP contribution in [0.4, 0.5) is 0 Å². The largest absolute Gasteiger partial charge is 0.481 e. The van der Waals surface area contributed by atoms with E-state index >= 15 is 0 Å². The molecule has 2 N–H and O–H groups in total. The summed E-state index contributed by atoms with van der Waals surface area (Å²) in [5.41, 5.74) is 0.933. The molecule has 2 unspecified atom stereocenters. The average Bonchev–Trinajstić information content (AvgIpc) is 2.29. The lowest BCUT2D eigenvalue weighted by Crippen LogP contribution is -2.34. The standard InChI is InChI=1S/C13H16O3/c14-11-8-4-7-10(13(15)16)12(11)9-5-2-1-3-6-9/h1-3,5-6,10-12,14H,4,7-8H2,(H,15,16)/t10?,11-,12?/m0/s1. The molecule has 1 aliphatic rings. The SMILES string of the molecule is O=C(O)C1CCC[C@H](O)C1c1ccccc1. The van der Waals surface area contributed by atoms with Gasteiger partial charge < -0.3 is 10.2 Å². The number of aliphatic hydroxyl groups excluding tert-OH is 1. The fourth-order valence-corrected chi connectivity index (χ4v) is 2.58. The molecule has 0 spiro atoms. The molecule has 3 nitrogen and oxygen atoms in total. The Morgan fingerprint density at radius 2 is 1.88 bits per heavy atom.